The van der Waals surface area contributed by atoms with Gasteiger partial charge in [0.25, 0.3) is 0 Å². The maximum atomic E-state index is 13.2. The molecule has 0 aromatic heterocycles. The van der Waals surface area contributed by atoms with E-state index in [1.165, 1.54) is 4.31 Å². The van der Waals surface area contributed by atoms with Gasteiger partial charge in [-0.3, -0.25) is 9.89 Å². The van der Waals surface area contributed by atoms with E-state index in [1.807, 2.05) is 6.92 Å². The predicted molar refractivity (Wildman–Crippen MR) is 110 cm³/mol. The quantitative estimate of drug-likeness (QED) is 0.698. The van der Waals surface area contributed by atoms with E-state index in [1.54, 1.807) is 0 Å². The first-order chi connectivity index (χ1) is 14.4. The molecule has 0 aromatic rings. The Kier molecular flexibility index (Phi) is 4.94. The van der Waals surface area contributed by atoms with Crippen LogP contribution >= 0.6 is 0 Å². The molecule has 5 rings (SSSR count). The molecule has 31 heavy (non-hydrogen) atoms. The molecule has 0 radical (unpaired) electrons. The van der Waals surface area contributed by atoms with Crippen LogP contribution in [0.2, 0.25) is 0 Å². The fraction of sp³-hybridized carbons (Fsp3) is 0.857. The van der Waals surface area contributed by atoms with Crippen LogP contribution in [-0.4, -0.2) is 84.2 Å². The summed E-state index contributed by atoms with van der Waals surface area (Å²) >= 11 is 0. The summed E-state index contributed by atoms with van der Waals surface area (Å²) in [5.41, 5.74) is -1.15. The van der Waals surface area contributed by atoms with Crippen LogP contribution in [0.3, 0.4) is 0 Å². The molecular formula is C21H30F3N3O3S. The molecule has 3 aliphatic heterocycles. The minimum Gasteiger partial charge on any atom is -0.390 e. The molecule has 0 aromatic carbocycles. The molecule has 2 saturated carbocycles. The van der Waals surface area contributed by atoms with Crippen LogP contribution in [0, 0.1) is 11.3 Å². The van der Waals surface area contributed by atoms with Crippen LogP contribution in [0.15, 0.2) is 16.6 Å². The summed E-state index contributed by atoms with van der Waals surface area (Å²) in [7, 11) is -3.71. The highest BCUT2D eigenvalue weighted by Crippen LogP contribution is 2.47. The van der Waals surface area contributed by atoms with Crippen LogP contribution in [-0.2, 0) is 10.0 Å². The number of sulfonamides is 1. The second kappa shape index (κ2) is 7.01. The van der Waals surface area contributed by atoms with Crippen LogP contribution in [0.4, 0.5) is 13.2 Å². The normalized spacial score (nSPS) is 37.1. The summed E-state index contributed by atoms with van der Waals surface area (Å²) in [6.07, 6.45) is 1.44. The van der Waals surface area contributed by atoms with Gasteiger partial charge in [-0.25, -0.2) is 8.42 Å². The highest BCUT2D eigenvalue weighted by Gasteiger charge is 2.58. The zero-order valence-corrected chi connectivity index (χ0v) is 18.6. The van der Waals surface area contributed by atoms with Crippen molar-refractivity contribution in [3.63, 3.8) is 0 Å². The van der Waals surface area contributed by atoms with Crippen LogP contribution in [0.1, 0.15) is 45.4 Å². The van der Waals surface area contributed by atoms with E-state index in [0.717, 1.165) is 57.7 Å². The third-order valence-corrected chi connectivity index (χ3v) is 9.93. The number of alkyl halides is 3. The Labute approximate surface area is 181 Å². The van der Waals surface area contributed by atoms with Gasteiger partial charge in [-0.15, -0.1) is 0 Å². The summed E-state index contributed by atoms with van der Waals surface area (Å²) in [5, 5.41) is 9.17. The van der Waals surface area contributed by atoms with E-state index in [2.05, 4.69) is 9.89 Å². The summed E-state index contributed by atoms with van der Waals surface area (Å²) in [6, 6.07) is 0.453. The predicted octanol–water partition coefficient (Wildman–Crippen LogP) is 2.35. The van der Waals surface area contributed by atoms with E-state index in [0.29, 0.717) is 24.7 Å². The smallest absolute Gasteiger partial charge is 0.390 e. The van der Waals surface area contributed by atoms with Gasteiger partial charge in [-0.05, 0) is 63.0 Å². The Balaban J connectivity index is 1.20. The van der Waals surface area contributed by atoms with Crippen molar-refractivity contribution >= 4 is 15.7 Å². The second-order valence-corrected chi connectivity index (χ2v) is 12.7. The number of dihydropyridines is 1. The maximum absolute atomic E-state index is 13.2. The molecule has 1 spiro atoms. The third kappa shape index (κ3) is 3.98. The summed E-state index contributed by atoms with van der Waals surface area (Å²) in [5.74, 6) is -0.0643. The first-order valence-electron chi connectivity index (χ1n) is 11.2. The topological polar surface area (TPSA) is 73.2 Å². The molecule has 0 bridgehead atoms. The number of aliphatic hydroxyl groups is 1. The minimum absolute atomic E-state index is 0.0223. The molecule has 2 aliphatic carbocycles. The first-order valence-corrected chi connectivity index (χ1v) is 12.7. The second-order valence-electron chi connectivity index (χ2n) is 10.6. The molecule has 1 atom stereocenters. The molecule has 2 saturated heterocycles. The Morgan fingerprint density at radius 3 is 2.26 bits per heavy atom. The van der Waals surface area contributed by atoms with Crippen LogP contribution in [0.5, 0.6) is 0 Å². The number of allylic oxidation sites excluding steroid dienone is 1. The molecule has 3 heterocycles. The largest absolute Gasteiger partial charge is 0.432 e. The fourth-order valence-electron chi connectivity index (χ4n) is 5.74. The third-order valence-electron chi connectivity index (χ3n) is 7.81. The lowest BCUT2D eigenvalue weighted by molar-refractivity contribution is -0.116. The standard InChI is InChI=1S/C21H30F3N3O3S/c1-19(28)6-4-15(5-7-19)26-10-20(11-26)12-27(13-20)31(29,30)17-9-25-18(21(22,23)24)8-16(17)14-2-3-14/h8,14-15,17,28H,2-7,9-13H2,1H3/t15-,17?,19-. The van der Waals surface area contributed by atoms with E-state index in [4.69, 9.17) is 0 Å². The van der Waals surface area contributed by atoms with Gasteiger partial charge in [-0.2, -0.15) is 17.5 Å². The van der Waals surface area contributed by atoms with Crippen molar-refractivity contribution in [3.05, 3.63) is 11.6 Å². The number of likely N-dealkylation sites (tertiary alicyclic amines) is 1. The van der Waals surface area contributed by atoms with Crippen molar-refractivity contribution < 1.29 is 26.7 Å². The average molecular weight is 462 g/mol. The number of nitrogens with zero attached hydrogens (tertiary/aromatic N) is 3. The molecule has 5 aliphatic rings. The van der Waals surface area contributed by atoms with E-state index in [9.17, 15) is 26.7 Å². The van der Waals surface area contributed by atoms with Gasteiger partial charge in [0, 0.05) is 37.6 Å². The molecule has 0 amide bonds. The Morgan fingerprint density at radius 1 is 1.10 bits per heavy atom. The molecule has 10 heteroatoms. The lowest BCUT2D eigenvalue weighted by Crippen LogP contribution is -2.75. The van der Waals surface area contributed by atoms with Crippen molar-refractivity contribution in [2.45, 2.75) is 68.5 Å². The zero-order valence-electron chi connectivity index (χ0n) is 17.7. The van der Waals surface area contributed by atoms with E-state index in [-0.39, 0.29) is 17.9 Å². The number of hydrogen-bond donors (Lipinski definition) is 1. The summed E-state index contributed by atoms with van der Waals surface area (Å²) in [6.45, 7) is 4.15. The van der Waals surface area contributed by atoms with Gasteiger partial charge in [-0.1, -0.05) is 0 Å². The molecular weight excluding hydrogens is 431 g/mol. The molecule has 1 N–H and O–H groups in total. The number of hydrogen-bond acceptors (Lipinski definition) is 5. The highest BCUT2D eigenvalue weighted by atomic mass is 32.2. The van der Waals surface area contributed by atoms with E-state index < -0.39 is 32.8 Å². The molecule has 6 nitrogen and oxygen atoms in total. The fourth-order valence-corrected chi connectivity index (χ4v) is 7.88. The number of aliphatic imine (C=N–C) groups is 1. The summed E-state index contributed by atoms with van der Waals surface area (Å²) < 4.78 is 67.2. The van der Waals surface area contributed by atoms with Crippen molar-refractivity contribution in [2.75, 3.05) is 32.7 Å². The number of rotatable bonds is 4. The van der Waals surface area contributed by atoms with Gasteiger partial charge in [0.1, 0.15) is 11.0 Å². The van der Waals surface area contributed by atoms with Crippen molar-refractivity contribution in [2.24, 2.45) is 16.3 Å². The summed E-state index contributed by atoms with van der Waals surface area (Å²) in [4.78, 5) is 5.98. The molecule has 1 unspecified atom stereocenters. The first kappa shape index (κ1) is 21.9. The average Bonchev–Trinajstić information content (AvgIpc) is 3.44. The van der Waals surface area contributed by atoms with Crippen molar-refractivity contribution in [3.8, 4) is 0 Å². The molecule has 4 fully saturated rings. The Morgan fingerprint density at radius 2 is 1.71 bits per heavy atom. The lowest BCUT2D eigenvalue weighted by atomic mass is 9.72. The maximum Gasteiger partial charge on any atom is 0.432 e. The van der Waals surface area contributed by atoms with E-state index >= 15 is 0 Å². The minimum atomic E-state index is -4.54. The van der Waals surface area contributed by atoms with Gasteiger partial charge >= 0.3 is 6.18 Å². The van der Waals surface area contributed by atoms with Crippen LogP contribution < -0.4 is 0 Å². The van der Waals surface area contributed by atoms with Crippen molar-refractivity contribution in [1.29, 1.82) is 0 Å². The monoisotopic (exact) mass is 461 g/mol. The Hall–Kier alpha value is -0.970. The molecule has 174 valence electrons. The van der Waals surface area contributed by atoms with Crippen molar-refractivity contribution in [1.82, 2.24) is 9.21 Å². The van der Waals surface area contributed by atoms with Gasteiger partial charge in [0.2, 0.25) is 10.0 Å². The SMILES string of the molecule is C[C@]1(O)CC[C@H](N2CC3(CN(S(=O)(=O)C4CN=C(C(F)(F)F)C=C4C4CC4)C3)C2)CC1. The number of halogens is 3. The van der Waals surface area contributed by atoms with Gasteiger partial charge in [0.15, 0.2) is 0 Å². The highest BCUT2D eigenvalue weighted by molar-refractivity contribution is 7.90. The zero-order chi connectivity index (χ0) is 22.2. The van der Waals surface area contributed by atoms with Gasteiger partial charge < -0.3 is 5.11 Å². The Bertz CT molecular complexity index is 900. The van der Waals surface area contributed by atoms with Gasteiger partial charge in [0.05, 0.1) is 12.1 Å². The van der Waals surface area contributed by atoms with Crippen LogP contribution in [0.25, 0.3) is 0 Å². The lowest BCUT2D eigenvalue weighted by Gasteiger charge is -2.62.